The normalized spacial score (nSPS) is 16.8. The van der Waals surface area contributed by atoms with Crippen LogP contribution in [-0.2, 0) is 32.7 Å². The van der Waals surface area contributed by atoms with Crippen LogP contribution in [0, 0.1) is 6.92 Å². The fourth-order valence-corrected chi connectivity index (χ4v) is 5.85. The van der Waals surface area contributed by atoms with E-state index in [9.17, 15) is 5.11 Å². The standard InChI is InChI=1S/C30H32N2O4/c1-19-4-6-20(7-5-19)17-36-30-15-23-21(12-29(30)35-3)10-11-31-16-28-25(14-27(23)31)24-13-22(34-2)8-9-26(24)32(28)18-33/h4-9,12-13,15,27,33H,10-11,14,16-18H2,1-3H3. The largest absolute Gasteiger partial charge is 0.497 e. The van der Waals surface area contributed by atoms with E-state index in [0.717, 1.165) is 59.6 Å². The van der Waals surface area contributed by atoms with Crippen LogP contribution in [0.4, 0.5) is 0 Å². The zero-order valence-corrected chi connectivity index (χ0v) is 21.1. The molecule has 2 aliphatic rings. The van der Waals surface area contributed by atoms with Crippen molar-refractivity contribution in [2.24, 2.45) is 0 Å². The number of aliphatic hydroxyl groups excluding tert-OH is 1. The number of ether oxygens (including phenoxy) is 3. The summed E-state index contributed by atoms with van der Waals surface area (Å²) in [6, 6.07) is 19.1. The zero-order valence-electron chi connectivity index (χ0n) is 21.1. The Balaban J connectivity index is 1.37. The summed E-state index contributed by atoms with van der Waals surface area (Å²) in [5.41, 5.74) is 8.55. The smallest absolute Gasteiger partial charge is 0.162 e. The molecule has 36 heavy (non-hydrogen) atoms. The average molecular weight is 485 g/mol. The molecule has 0 spiro atoms. The van der Waals surface area contributed by atoms with Crippen LogP contribution in [0.5, 0.6) is 17.2 Å². The SMILES string of the molecule is COc1ccc2c(c1)c1c(n2CO)CN2CCc3cc(OC)c(OCc4ccc(C)cc4)cc3C2C1. The van der Waals surface area contributed by atoms with Crippen molar-refractivity contribution >= 4 is 10.9 Å². The fraction of sp³-hybridized carbons (Fsp3) is 0.333. The molecule has 3 aromatic carbocycles. The summed E-state index contributed by atoms with van der Waals surface area (Å²) >= 11 is 0. The monoisotopic (exact) mass is 484 g/mol. The van der Waals surface area contributed by atoms with Gasteiger partial charge in [0.1, 0.15) is 19.1 Å². The first kappa shape index (κ1) is 23.0. The van der Waals surface area contributed by atoms with Gasteiger partial charge in [0, 0.05) is 30.2 Å². The molecule has 1 atom stereocenters. The van der Waals surface area contributed by atoms with E-state index in [1.807, 2.05) is 10.6 Å². The number of methoxy groups -OCH3 is 2. The molecule has 6 rings (SSSR count). The summed E-state index contributed by atoms with van der Waals surface area (Å²) in [5, 5.41) is 11.4. The molecule has 4 aromatic rings. The molecule has 1 aromatic heterocycles. The first-order valence-corrected chi connectivity index (χ1v) is 12.5. The second-order valence-corrected chi connectivity index (χ2v) is 9.79. The third-order valence-corrected chi connectivity index (χ3v) is 7.79. The van der Waals surface area contributed by atoms with E-state index in [2.05, 4.69) is 60.4 Å². The lowest BCUT2D eigenvalue weighted by Crippen LogP contribution is -2.39. The Bertz CT molecular complexity index is 1420. The Morgan fingerprint density at radius 1 is 0.972 bits per heavy atom. The number of benzene rings is 3. The van der Waals surface area contributed by atoms with Crippen LogP contribution in [0.15, 0.2) is 54.6 Å². The van der Waals surface area contributed by atoms with Crippen LogP contribution >= 0.6 is 0 Å². The number of aliphatic hydroxyl groups is 1. The highest BCUT2D eigenvalue weighted by Crippen LogP contribution is 2.45. The molecule has 0 aliphatic carbocycles. The predicted octanol–water partition coefficient (Wildman–Crippen LogP) is 5.15. The molecule has 6 heteroatoms. The van der Waals surface area contributed by atoms with Crippen LogP contribution in [0.3, 0.4) is 0 Å². The van der Waals surface area contributed by atoms with Crippen molar-refractivity contribution in [2.45, 2.75) is 45.7 Å². The van der Waals surface area contributed by atoms with E-state index in [1.165, 1.54) is 27.9 Å². The minimum Gasteiger partial charge on any atom is -0.497 e. The molecule has 1 unspecified atom stereocenters. The van der Waals surface area contributed by atoms with Crippen molar-refractivity contribution in [1.82, 2.24) is 9.47 Å². The molecule has 0 amide bonds. The molecule has 3 heterocycles. The Morgan fingerprint density at radius 2 is 1.81 bits per heavy atom. The van der Waals surface area contributed by atoms with Crippen molar-refractivity contribution < 1.29 is 19.3 Å². The Kier molecular flexibility index (Phi) is 5.86. The van der Waals surface area contributed by atoms with E-state index < -0.39 is 0 Å². The van der Waals surface area contributed by atoms with Gasteiger partial charge in [0.05, 0.1) is 19.7 Å². The van der Waals surface area contributed by atoms with E-state index in [1.54, 1.807) is 14.2 Å². The highest BCUT2D eigenvalue weighted by atomic mass is 16.5. The number of hydrogen-bond donors (Lipinski definition) is 1. The Hall–Kier alpha value is -3.48. The topological polar surface area (TPSA) is 56.1 Å². The lowest BCUT2D eigenvalue weighted by atomic mass is 9.85. The van der Waals surface area contributed by atoms with E-state index >= 15 is 0 Å². The third kappa shape index (κ3) is 3.81. The predicted molar refractivity (Wildman–Crippen MR) is 140 cm³/mol. The molecule has 0 radical (unpaired) electrons. The lowest BCUT2D eigenvalue weighted by Gasteiger charge is -2.41. The quantitative estimate of drug-likeness (QED) is 0.410. The molecule has 1 N–H and O–H groups in total. The maximum atomic E-state index is 10.2. The molecule has 2 aliphatic heterocycles. The van der Waals surface area contributed by atoms with Gasteiger partial charge in [-0.1, -0.05) is 29.8 Å². The van der Waals surface area contributed by atoms with Crippen molar-refractivity contribution in [3.8, 4) is 17.2 Å². The zero-order chi connectivity index (χ0) is 24.8. The van der Waals surface area contributed by atoms with Gasteiger partial charge in [0.25, 0.3) is 0 Å². The average Bonchev–Trinajstić information content (AvgIpc) is 3.22. The Labute approximate surface area is 211 Å². The molecule has 0 fully saturated rings. The van der Waals surface area contributed by atoms with E-state index in [-0.39, 0.29) is 12.8 Å². The molecular weight excluding hydrogens is 452 g/mol. The highest BCUT2D eigenvalue weighted by Gasteiger charge is 2.36. The first-order chi connectivity index (χ1) is 17.6. The number of aryl methyl sites for hydroxylation is 1. The second kappa shape index (κ2) is 9.19. The second-order valence-electron chi connectivity index (χ2n) is 9.79. The summed E-state index contributed by atoms with van der Waals surface area (Å²) in [6.07, 6.45) is 1.84. The molecular formula is C30H32N2O4. The third-order valence-electron chi connectivity index (χ3n) is 7.79. The van der Waals surface area contributed by atoms with Crippen molar-refractivity contribution in [3.05, 3.63) is 88.1 Å². The summed E-state index contributed by atoms with van der Waals surface area (Å²) in [4.78, 5) is 2.53. The van der Waals surface area contributed by atoms with Gasteiger partial charge in [-0.2, -0.15) is 0 Å². The lowest BCUT2D eigenvalue weighted by molar-refractivity contribution is 0.145. The maximum Gasteiger partial charge on any atom is 0.162 e. The van der Waals surface area contributed by atoms with Gasteiger partial charge in [-0.05, 0) is 72.4 Å². The van der Waals surface area contributed by atoms with Crippen molar-refractivity contribution in [2.75, 3.05) is 20.8 Å². The van der Waals surface area contributed by atoms with Gasteiger partial charge in [-0.15, -0.1) is 0 Å². The van der Waals surface area contributed by atoms with Crippen LogP contribution in [0.25, 0.3) is 10.9 Å². The summed E-state index contributed by atoms with van der Waals surface area (Å²) < 4.78 is 19.6. The van der Waals surface area contributed by atoms with E-state index in [0.29, 0.717) is 6.61 Å². The van der Waals surface area contributed by atoms with Gasteiger partial charge in [0.2, 0.25) is 0 Å². The minimum absolute atomic E-state index is 0.0263. The van der Waals surface area contributed by atoms with Gasteiger partial charge in [-0.25, -0.2) is 0 Å². The van der Waals surface area contributed by atoms with Gasteiger partial charge < -0.3 is 23.9 Å². The molecule has 0 bridgehead atoms. The van der Waals surface area contributed by atoms with Crippen molar-refractivity contribution in [3.63, 3.8) is 0 Å². The van der Waals surface area contributed by atoms with Gasteiger partial charge in [-0.3, -0.25) is 4.90 Å². The number of nitrogens with zero attached hydrogens (tertiary/aromatic N) is 2. The van der Waals surface area contributed by atoms with Crippen LogP contribution in [0.2, 0.25) is 0 Å². The van der Waals surface area contributed by atoms with Crippen molar-refractivity contribution in [1.29, 1.82) is 0 Å². The molecule has 0 saturated carbocycles. The van der Waals surface area contributed by atoms with Crippen LogP contribution < -0.4 is 14.2 Å². The number of rotatable bonds is 6. The first-order valence-electron chi connectivity index (χ1n) is 12.5. The molecule has 6 nitrogen and oxygen atoms in total. The highest BCUT2D eigenvalue weighted by molar-refractivity contribution is 5.87. The molecule has 0 saturated heterocycles. The summed E-state index contributed by atoms with van der Waals surface area (Å²) in [6.45, 7) is 4.34. The minimum atomic E-state index is -0.0263. The number of aromatic nitrogens is 1. The maximum absolute atomic E-state index is 10.2. The van der Waals surface area contributed by atoms with E-state index in [4.69, 9.17) is 14.2 Å². The number of hydrogen-bond acceptors (Lipinski definition) is 5. The Morgan fingerprint density at radius 3 is 2.56 bits per heavy atom. The summed E-state index contributed by atoms with van der Waals surface area (Å²) in [7, 11) is 3.40. The molecule has 186 valence electrons. The van der Waals surface area contributed by atoms with Gasteiger partial charge in [0.15, 0.2) is 11.5 Å². The van der Waals surface area contributed by atoms with Gasteiger partial charge >= 0.3 is 0 Å². The fourth-order valence-electron chi connectivity index (χ4n) is 5.85. The van der Waals surface area contributed by atoms with Crippen LogP contribution in [-0.4, -0.2) is 35.3 Å². The summed E-state index contributed by atoms with van der Waals surface area (Å²) in [5.74, 6) is 2.40. The van der Waals surface area contributed by atoms with Crippen LogP contribution in [0.1, 0.15) is 39.6 Å². The number of fused-ring (bicyclic) bond motifs is 6.